The van der Waals surface area contributed by atoms with Gasteiger partial charge < -0.3 is 21.3 Å². The summed E-state index contributed by atoms with van der Waals surface area (Å²) in [5.74, 6) is 0.322. The van der Waals surface area contributed by atoms with Crippen LogP contribution >= 0.6 is 0 Å². The lowest BCUT2D eigenvalue weighted by molar-refractivity contribution is -0.122. The molecule has 0 radical (unpaired) electrons. The van der Waals surface area contributed by atoms with Gasteiger partial charge in [0, 0.05) is 25.9 Å². The first kappa shape index (κ1) is 31.5. The van der Waals surface area contributed by atoms with Gasteiger partial charge >= 0.3 is 0 Å². The van der Waals surface area contributed by atoms with Crippen LogP contribution in [0.4, 0.5) is 0 Å². The average Bonchev–Trinajstić information content (AvgIpc) is 2.94. The summed E-state index contributed by atoms with van der Waals surface area (Å²) in [6.45, 7) is 5.50. The molecule has 2 amide bonds. The molecule has 2 rings (SSSR count). The Morgan fingerprint density at radius 1 is 0.447 bits per heavy atom. The van der Waals surface area contributed by atoms with Crippen LogP contribution in [0.1, 0.15) is 75.3 Å². The van der Waals surface area contributed by atoms with Gasteiger partial charge in [0.05, 0.1) is 0 Å². The lowest BCUT2D eigenvalue weighted by atomic mass is 10.1. The Kier molecular flexibility index (Phi) is 18.5. The molecular formula is C32H50N4O2. The Bertz CT molecular complexity index is 774. The van der Waals surface area contributed by atoms with E-state index in [9.17, 15) is 9.59 Å². The molecule has 0 atom stereocenters. The van der Waals surface area contributed by atoms with E-state index >= 15 is 0 Å². The molecule has 4 N–H and O–H groups in total. The first-order valence-corrected chi connectivity index (χ1v) is 14.8. The van der Waals surface area contributed by atoms with Gasteiger partial charge in [-0.3, -0.25) is 9.59 Å². The third kappa shape index (κ3) is 17.7. The highest BCUT2D eigenvalue weighted by Gasteiger charge is 2.02. The molecule has 6 nitrogen and oxygen atoms in total. The van der Waals surface area contributed by atoms with Crippen molar-refractivity contribution < 1.29 is 9.59 Å². The van der Waals surface area contributed by atoms with Crippen LogP contribution < -0.4 is 21.3 Å². The highest BCUT2D eigenvalue weighted by atomic mass is 16.2. The molecule has 0 saturated carbocycles. The van der Waals surface area contributed by atoms with Gasteiger partial charge in [0.2, 0.25) is 11.8 Å². The molecule has 0 aliphatic carbocycles. The van der Waals surface area contributed by atoms with E-state index in [1.165, 1.54) is 36.8 Å². The van der Waals surface area contributed by atoms with Crippen molar-refractivity contribution in [3.05, 3.63) is 71.8 Å². The molecule has 0 saturated heterocycles. The molecule has 0 unspecified atom stereocenters. The first-order valence-electron chi connectivity index (χ1n) is 14.8. The van der Waals surface area contributed by atoms with Crippen LogP contribution in [0, 0.1) is 0 Å². The Hall–Kier alpha value is -2.70. The number of hydrogen-bond acceptors (Lipinski definition) is 4. The highest BCUT2D eigenvalue weighted by Crippen LogP contribution is 2.05. The van der Waals surface area contributed by atoms with Gasteiger partial charge in [-0.15, -0.1) is 0 Å². The number of carbonyl (C=O) groups excluding carboxylic acids is 2. The van der Waals surface area contributed by atoms with Gasteiger partial charge in [-0.05, 0) is 88.7 Å². The zero-order valence-corrected chi connectivity index (χ0v) is 23.3. The number of hydrogen-bond donors (Lipinski definition) is 4. The summed E-state index contributed by atoms with van der Waals surface area (Å²) < 4.78 is 0. The van der Waals surface area contributed by atoms with E-state index in [1.807, 2.05) is 36.4 Å². The SMILES string of the molecule is O=C(CCCc1ccccc1)NCCCNCCCCCCNCCCNC(=O)CCCc1ccccc1. The summed E-state index contributed by atoms with van der Waals surface area (Å²) in [4.78, 5) is 23.8. The van der Waals surface area contributed by atoms with Crippen LogP contribution in [0.25, 0.3) is 0 Å². The maximum atomic E-state index is 11.9. The molecule has 210 valence electrons. The average molecular weight is 523 g/mol. The summed E-state index contributed by atoms with van der Waals surface area (Å²) in [6.07, 6.45) is 11.7. The molecule has 0 spiro atoms. The van der Waals surface area contributed by atoms with Gasteiger partial charge in [0.1, 0.15) is 0 Å². The highest BCUT2D eigenvalue weighted by molar-refractivity contribution is 5.76. The first-order chi connectivity index (χ1) is 18.7. The molecule has 0 fully saturated rings. The van der Waals surface area contributed by atoms with Gasteiger partial charge in [0.15, 0.2) is 0 Å². The number of unbranched alkanes of at least 4 members (excludes halogenated alkanes) is 3. The van der Waals surface area contributed by atoms with E-state index in [2.05, 4.69) is 45.5 Å². The molecule has 0 aromatic heterocycles. The van der Waals surface area contributed by atoms with E-state index in [0.29, 0.717) is 12.8 Å². The maximum absolute atomic E-state index is 11.9. The standard InChI is InChI=1S/C32H50N4O2/c37-31(21-11-19-29-15-5-3-6-16-29)35-27-13-25-33-23-9-1-2-10-24-34-26-14-28-36-32(38)22-12-20-30-17-7-4-8-18-30/h3-8,15-18,33-34H,1-2,9-14,19-28H2,(H,35,37)(H,36,38). The van der Waals surface area contributed by atoms with Crippen LogP contribution in [0.15, 0.2) is 60.7 Å². The van der Waals surface area contributed by atoms with Gasteiger partial charge in [-0.1, -0.05) is 73.5 Å². The topological polar surface area (TPSA) is 82.3 Å². The molecule has 2 aromatic rings. The van der Waals surface area contributed by atoms with Crippen molar-refractivity contribution in [1.29, 1.82) is 0 Å². The molecule has 0 bridgehead atoms. The van der Waals surface area contributed by atoms with Crippen molar-refractivity contribution in [2.75, 3.05) is 39.3 Å². The van der Waals surface area contributed by atoms with Gasteiger partial charge in [-0.25, -0.2) is 0 Å². The molecular weight excluding hydrogens is 472 g/mol. The summed E-state index contributed by atoms with van der Waals surface area (Å²) in [7, 11) is 0. The quantitative estimate of drug-likeness (QED) is 0.158. The third-order valence-corrected chi connectivity index (χ3v) is 6.59. The normalized spacial score (nSPS) is 10.8. The van der Waals surface area contributed by atoms with Crippen molar-refractivity contribution in [2.45, 2.75) is 77.0 Å². The predicted octanol–water partition coefficient (Wildman–Crippen LogP) is 4.78. The Labute approximate surface area is 230 Å². The predicted molar refractivity (Wildman–Crippen MR) is 158 cm³/mol. The zero-order chi connectivity index (χ0) is 26.9. The van der Waals surface area contributed by atoms with E-state index in [1.54, 1.807) is 0 Å². The summed E-state index contributed by atoms with van der Waals surface area (Å²) in [5, 5.41) is 13.0. The second kappa shape index (κ2) is 22.3. The van der Waals surface area contributed by atoms with E-state index in [-0.39, 0.29) is 11.8 Å². The number of amides is 2. The molecule has 6 heteroatoms. The maximum Gasteiger partial charge on any atom is 0.220 e. The second-order valence-corrected chi connectivity index (χ2v) is 10.00. The smallest absolute Gasteiger partial charge is 0.220 e. The number of benzene rings is 2. The largest absolute Gasteiger partial charge is 0.356 e. The van der Waals surface area contributed by atoms with Crippen molar-refractivity contribution in [3.63, 3.8) is 0 Å². The van der Waals surface area contributed by atoms with Crippen LogP contribution in [0.2, 0.25) is 0 Å². The van der Waals surface area contributed by atoms with E-state index in [4.69, 9.17) is 0 Å². The number of carbonyl (C=O) groups is 2. The number of rotatable bonds is 23. The van der Waals surface area contributed by atoms with Crippen molar-refractivity contribution in [3.8, 4) is 0 Å². The van der Waals surface area contributed by atoms with Crippen molar-refractivity contribution >= 4 is 11.8 Å². The molecule has 0 aliphatic rings. The minimum absolute atomic E-state index is 0.161. The van der Waals surface area contributed by atoms with Crippen molar-refractivity contribution in [2.24, 2.45) is 0 Å². The van der Waals surface area contributed by atoms with Gasteiger partial charge in [-0.2, -0.15) is 0 Å². The monoisotopic (exact) mass is 522 g/mol. The molecule has 2 aromatic carbocycles. The fourth-order valence-corrected chi connectivity index (χ4v) is 4.36. The van der Waals surface area contributed by atoms with Crippen LogP contribution in [0.3, 0.4) is 0 Å². The molecule has 38 heavy (non-hydrogen) atoms. The fraction of sp³-hybridized carbons (Fsp3) is 0.562. The second-order valence-electron chi connectivity index (χ2n) is 10.00. The Balaban J connectivity index is 1.24. The zero-order valence-electron chi connectivity index (χ0n) is 23.3. The van der Waals surface area contributed by atoms with Crippen molar-refractivity contribution in [1.82, 2.24) is 21.3 Å². The number of nitrogens with one attached hydrogen (secondary N) is 4. The van der Waals surface area contributed by atoms with E-state index in [0.717, 1.165) is 77.8 Å². The third-order valence-electron chi connectivity index (χ3n) is 6.59. The van der Waals surface area contributed by atoms with Gasteiger partial charge in [0.25, 0.3) is 0 Å². The van der Waals surface area contributed by atoms with Crippen LogP contribution in [-0.2, 0) is 22.4 Å². The summed E-state index contributed by atoms with van der Waals surface area (Å²) >= 11 is 0. The lowest BCUT2D eigenvalue weighted by Gasteiger charge is -2.08. The van der Waals surface area contributed by atoms with E-state index < -0.39 is 0 Å². The molecule has 0 heterocycles. The summed E-state index contributed by atoms with van der Waals surface area (Å²) in [5.41, 5.74) is 2.59. The Morgan fingerprint density at radius 2 is 0.842 bits per heavy atom. The Morgan fingerprint density at radius 3 is 1.26 bits per heavy atom. The summed E-state index contributed by atoms with van der Waals surface area (Å²) in [6, 6.07) is 20.7. The van der Waals surface area contributed by atoms with Crippen LogP contribution in [-0.4, -0.2) is 51.1 Å². The minimum Gasteiger partial charge on any atom is -0.356 e. The fourth-order valence-electron chi connectivity index (χ4n) is 4.36. The minimum atomic E-state index is 0.161. The number of aryl methyl sites for hydroxylation is 2. The lowest BCUT2D eigenvalue weighted by Crippen LogP contribution is -2.27. The molecule has 0 aliphatic heterocycles. The van der Waals surface area contributed by atoms with Crippen LogP contribution in [0.5, 0.6) is 0 Å².